The van der Waals surface area contributed by atoms with Gasteiger partial charge in [-0.2, -0.15) is 4.98 Å². The van der Waals surface area contributed by atoms with Crippen molar-refractivity contribution in [3.05, 3.63) is 54.5 Å². The molecule has 0 unspecified atom stereocenters. The maximum absolute atomic E-state index is 14.4. The second-order valence-electron chi connectivity index (χ2n) is 8.51. The molecular weight excluding hydrogens is 440 g/mol. The molecule has 0 aliphatic rings. The first kappa shape index (κ1) is 24.5. The fourth-order valence-electron chi connectivity index (χ4n) is 3.27. The molecule has 2 aromatic carbocycles. The van der Waals surface area contributed by atoms with Gasteiger partial charge in [0.25, 0.3) is 0 Å². The van der Waals surface area contributed by atoms with Crippen LogP contribution in [-0.4, -0.2) is 62.4 Å². The van der Waals surface area contributed by atoms with Crippen molar-refractivity contribution >= 4 is 47.0 Å². The van der Waals surface area contributed by atoms with Crippen molar-refractivity contribution in [1.82, 2.24) is 14.9 Å². The van der Waals surface area contributed by atoms with Gasteiger partial charge in [-0.15, -0.1) is 0 Å². The van der Waals surface area contributed by atoms with E-state index in [0.717, 1.165) is 25.0 Å². The molecule has 0 spiro atoms. The molecule has 1 heterocycles. The lowest BCUT2D eigenvalue weighted by atomic mass is 10.2. The number of aromatic nitrogens is 2. The number of halogens is 1. The molecule has 1 aromatic heterocycles. The Kier molecular flexibility index (Phi) is 7.56. The first-order valence-electron chi connectivity index (χ1n) is 10.5. The van der Waals surface area contributed by atoms with Gasteiger partial charge in [0, 0.05) is 31.1 Å². The van der Waals surface area contributed by atoms with E-state index in [9.17, 15) is 8.96 Å². The van der Waals surface area contributed by atoms with Crippen LogP contribution in [0.2, 0.25) is 0 Å². The Morgan fingerprint density at radius 2 is 1.79 bits per heavy atom. The molecule has 3 aromatic rings. The van der Waals surface area contributed by atoms with Crippen LogP contribution in [-0.2, 0) is 4.57 Å². The van der Waals surface area contributed by atoms with E-state index < -0.39 is 13.0 Å². The SMILES string of the molecule is CN(C)CCN(C)c1ccc(Nc2ncc(F)c(Nc3ccccc3P(C)(C)=O)n2)cc1N. The van der Waals surface area contributed by atoms with Crippen molar-refractivity contribution < 1.29 is 8.96 Å². The van der Waals surface area contributed by atoms with E-state index >= 15 is 0 Å². The molecule has 0 atom stereocenters. The summed E-state index contributed by atoms with van der Waals surface area (Å²) in [7, 11) is 3.48. The van der Waals surface area contributed by atoms with Crippen molar-refractivity contribution in [2.24, 2.45) is 0 Å². The van der Waals surface area contributed by atoms with Gasteiger partial charge in [0.15, 0.2) is 11.6 Å². The number of nitrogen functional groups attached to an aromatic ring is 1. The Bertz CT molecular complexity index is 1170. The minimum absolute atomic E-state index is 0.0126. The van der Waals surface area contributed by atoms with Crippen molar-refractivity contribution in [1.29, 1.82) is 0 Å². The molecule has 0 fully saturated rings. The highest BCUT2D eigenvalue weighted by atomic mass is 31.2. The van der Waals surface area contributed by atoms with Crippen LogP contribution in [0.3, 0.4) is 0 Å². The average molecular weight is 472 g/mol. The molecule has 0 aliphatic heterocycles. The number of likely N-dealkylation sites (N-methyl/N-ethyl adjacent to an activating group) is 2. The number of rotatable bonds is 9. The molecule has 8 nitrogen and oxygen atoms in total. The molecule has 33 heavy (non-hydrogen) atoms. The summed E-state index contributed by atoms with van der Waals surface area (Å²) in [5, 5.41) is 6.65. The number of nitrogens with zero attached hydrogens (tertiary/aromatic N) is 4. The Morgan fingerprint density at radius 1 is 1.06 bits per heavy atom. The van der Waals surface area contributed by atoms with E-state index in [1.165, 1.54) is 0 Å². The lowest BCUT2D eigenvalue weighted by Gasteiger charge is -2.23. The second kappa shape index (κ2) is 10.2. The van der Waals surface area contributed by atoms with Gasteiger partial charge < -0.3 is 30.7 Å². The van der Waals surface area contributed by atoms with E-state index in [-0.39, 0.29) is 11.8 Å². The van der Waals surface area contributed by atoms with Crippen LogP contribution < -0.4 is 26.6 Å². The quantitative estimate of drug-likeness (QED) is 0.319. The summed E-state index contributed by atoms with van der Waals surface area (Å²) in [5.74, 6) is -0.420. The molecule has 3 rings (SSSR count). The third kappa shape index (κ3) is 6.43. The summed E-state index contributed by atoms with van der Waals surface area (Å²) in [5.41, 5.74) is 9.02. The minimum atomic E-state index is -2.57. The fourth-order valence-corrected chi connectivity index (χ4v) is 4.43. The van der Waals surface area contributed by atoms with E-state index in [1.54, 1.807) is 43.7 Å². The predicted molar refractivity (Wildman–Crippen MR) is 137 cm³/mol. The Balaban J connectivity index is 1.80. The largest absolute Gasteiger partial charge is 0.397 e. The third-order valence-corrected chi connectivity index (χ3v) is 6.61. The van der Waals surface area contributed by atoms with Crippen LogP contribution in [0, 0.1) is 5.82 Å². The minimum Gasteiger partial charge on any atom is -0.397 e. The topological polar surface area (TPSA) is 99.4 Å². The number of hydrogen-bond acceptors (Lipinski definition) is 8. The van der Waals surface area contributed by atoms with E-state index in [4.69, 9.17) is 5.73 Å². The number of para-hydroxylation sites is 1. The Morgan fingerprint density at radius 3 is 2.45 bits per heavy atom. The highest BCUT2D eigenvalue weighted by Crippen LogP contribution is 2.38. The van der Waals surface area contributed by atoms with E-state index in [1.807, 2.05) is 33.3 Å². The van der Waals surface area contributed by atoms with Gasteiger partial charge in [-0.3, -0.25) is 0 Å². The summed E-state index contributed by atoms with van der Waals surface area (Å²) >= 11 is 0. The Hall–Kier alpha value is -3.16. The van der Waals surface area contributed by atoms with E-state index in [2.05, 4.69) is 30.4 Å². The maximum Gasteiger partial charge on any atom is 0.229 e. The molecule has 10 heteroatoms. The summed E-state index contributed by atoms with van der Waals surface area (Å²) in [6.45, 7) is 5.08. The number of nitrogens with one attached hydrogen (secondary N) is 2. The molecule has 0 saturated carbocycles. The lowest BCUT2D eigenvalue weighted by Crippen LogP contribution is -2.28. The summed E-state index contributed by atoms with van der Waals surface area (Å²) in [4.78, 5) is 12.5. The lowest BCUT2D eigenvalue weighted by molar-refractivity contribution is 0.416. The summed E-state index contributed by atoms with van der Waals surface area (Å²) in [6.07, 6.45) is 1.09. The highest BCUT2D eigenvalue weighted by molar-refractivity contribution is 7.70. The molecule has 4 N–H and O–H groups in total. The number of nitrogens with two attached hydrogens (primary N) is 1. The van der Waals surface area contributed by atoms with Crippen LogP contribution in [0.15, 0.2) is 48.7 Å². The van der Waals surface area contributed by atoms with Crippen molar-refractivity contribution in [3.63, 3.8) is 0 Å². The summed E-state index contributed by atoms with van der Waals surface area (Å²) in [6, 6.07) is 12.7. The van der Waals surface area contributed by atoms with Crippen LogP contribution in [0.1, 0.15) is 0 Å². The van der Waals surface area contributed by atoms with Gasteiger partial charge in [-0.25, -0.2) is 9.37 Å². The first-order valence-corrected chi connectivity index (χ1v) is 13.1. The number of anilines is 6. The van der Waals surface area contributed by atoms with Gasteiger partial charge in [-0.05, 0) is 57.8 Å². The normalized spacial score (nSPS) is 11.5. The maximum atomic E-state index is 14.4. The van der Waals surface area contributed by atoms with Crippen LogP contribution >= 0.6 is 7.14 Å². The standard InChI is InChI=1S/C23H31FN7OP/c1-30(2)12-13-31(3)20-11-10-16(14-18(20)25)27-23-26-15-17(24)22(29-23)28-19-8-6-7-9-21(19)33(4,5)32/h6-11,14-15H,12-13,25H2,1-5H3,(H2,26,27,28,29). The summed E-state index contributed by atoms with van der Waals surface area (Å²) < 4.78 is 27.0. The first-order chi connectivity index (χ1) is 15.5. The van der Waals surface area contributed by atoms with Crippen molar-refractivity contribution in [2.75, 3.05) is 68.8 Å². The smallest absolute Gasteiger partial charge is 0.229 e. The third-order valence-electron chi connectivity index (χ3n) is 5.06. The van der Waals surface area contributed by atoms with Gasteiger partial charge in [-0.1, -0.05) is 12.1 Å². The average Bonchev–Trinajstić information content (AvgIpc) is 2.74. The zero-order chi connectivity index (χ0) is 24.2. The molecular formula is C23H31FN7OP. The highest BCUT2D eigenvalue weighted by Gasteiger charge is 2.17. The van der Waals surface area contributed by atoms with Crippen molar-refractivity contribution in [2.45, 2.75) is 0 Å². The molecule has 0 bridgehead atoms. The fraction of sp³-hybridized carbons (Fsp3) is 0.304. The zero-order valence-corrected chi connectivity index (χ0v) is 20.5. The van der Waals surface area contributed by atoms with Gasteiger partial charge in [0.05, 0.1) is 23.3 Å². The van der Waals surface area contributed by atoms with Gasteiger partial charge >= 0.3 is 0 Å². The molecule has 176 valence electrons. The van der Waals surface area contributed by atoms with Gasteiger partial charge in [0.2, 0.25) is 5.95 Å². The zero-order valence-electron chi connectivity index (χ0n) is 19.6. The number of benzene rings is 2. The molecule has 0 saturated heterocycles. The second-order valence-corrected chi connectivity index (χ2v) is 11.7. The Labute approximate surface area is 194 Å². The van der Waals surface area contributed by atoms with Gasteiger partial charge in [0.1, 0.15) is 7.14 Å². The van der Waals surface area contributed by atoms with Crippen LogP contribution in [0.5, 0.6) is 0 Å². The molecule has 0 aliphatic carbocycles. The number of hydrogen-bond donors (Lipinski definition) is 3. The monoisotopic (exact) mass is 471 g/mol. The predicted octanol–water partition coefficient (Wildman–Crippen LogP) is 3.93. The van der Waals surface area contributed by atoms with E-state index in [0.29, 0.717) is 22.4 Å². The van der Waals surface area contributed by atoms with Crippen molar-refractivity contribution in [3.8, 4) is 0 Å². The molecule has 0 radical (unpaired) electrons. The molecule has 0 amide bonds. The van der Waals surface area contributed by atoms with Crippen LogP contribution in [0.4, 0.5) is 38.9 Å². The van der Waals surface area contributed by atoms with Crippen LogP contribution in [0.25, 0.3) is 0 Å².